The van der Waals surface area contributed by atoms with Gasteiger partial charge < -0.3 is 9.47 Å². The van der Waals surface area contributed by atoms with Crippen molar-refractivity contribution in [1.82, 2.24) is 4.98 Å². The number of rotatable bonds is 3. The summed E-state index contributed by atoms with van der Waals surface area (Å²) in [5.41, 5.74) is 2.09. The van der Waals surface area contributed by atoms with Crippen molar-refractivity contribution in [2.24, 2.45) is 0 Å². The molecule has 0 fully saturated rings. The molecule has 0 aliphatic carbocycles. The summed E-state index contributed by atoms with van der Waals surface area (Å²) in [5, 5.41) is 0.704. The molecule has 2 rings (SSSR count). The van der Waals surface area contributed by atoms with Crippen molar-refractivity contribution in [3.05, 3.63) is 29.5 Å². The first-order chi connectivity index (χ1) is 8.58. The van der Waals surface area contributed by atoms with Crippen LogP contribution in [0.4, 0.5) is 0 Å². The first kappa shape index (κ1) is 12.4. The Labute approximate surface area is 106 Å². The van der Waals surface area contributed by atoms with Crippen molar-refractivity contribution in [2.75, 3.05) is 14.2 Å². The average molecular weight is 245 g/mol. The number of methoxy groups -OCH3 is 2. The van der Waals surface area contributed by atoms with E-state index < -0.39 is 0 Å². The standard InChI is InChI=1S/C14H15NO3/c1-8-7-12(18-4)14-10(15-8)5-6-11(17-3)13(14)9(2)16/h5-7H,1-4H3. The number of benzene rings is 1. The van der Waals surface area contributed by atoms with Crippen molar-refractivity contribution in [3.8, 4) is 11.5 Å². The first-order valence-corrected chi connectivity index (χ1v) is 5.61. The van der Waals surface area contributed by atoms with E-state index in [1.165, 1.54) is 6.92 Å². The maximum atomic E-state index is 11.8. The van der Waals surface area contributed by atoms with Crippen LogP contribution in [-0.2, 0) is 0 Å². The number of pyridine rings is 1. The van der Waals surface area contributed by atoms with Gasteiger partial charge in [0.1, 0.15) is 11.5 Å². The predicted octanol–water partition coefficient (Wildman–Crippen LogP) is 2.76. The van der Waals surface area contributed by atoms with Crippen molar-refractivity contribution >= 4 is 16.7 Å². The molecule has 2 aromatic rings. The summed E-state index contributed by atoms with van der Waals surface area (Å²) in [6.07, 6.45) is 0. The number of hydrogen-bond donors (Lipinski definition) is 0. The van der Waals surface area contributed by atoms with E-state index in [0.29, 0.717) is 22.4 Å². The highest BCUT2D eigenvalue weighted by Crippen LogP contribution is 2.34. The van der Waals surface area contributed by atoms with Crippen LogP contribution in [0, 0.1) is 6.92 Å². The Bertz CT molecular complexity index is 620. The van der Waals surface area contributed by atoms with E-state index in [0.717, 1.165) is 11.2 Å². The average Bonchev–Trinajstić information content (AvgIpc) is 2.35. The lowest BCUT2D eigenvalue weighted by molar-refractivity contribution is 0.101. The van der Waals surface area contributed by atoms with Gasteiger partial charge in [-0.25, -0.2) is 0 Å². The maximum absolute atomic E-state index is 11.8. The van der Waals surface area contributed by atoms with E-state index in [4.69, 9.17) is 9.47 Å². The molecular weight excluding hydrogens is 230 g/mol. The number of nitrogens with zero attached hydrogens (tertiary/aromatic N) is 1. The molecule has 18 heavy (non-hydrogen) atoms. The fraction of sp³-hybridized carbons (Fsp3) is 0.286. The molecule has 4 nitrogen and oxygen atoms in total. The fourth-order valence-electron chi connectivity index (χ4n) is 2.08. The van der Waals surface area contributed by atoms with Gasteiger partial charge in [-0.05, 0) is 26.0 Å². The quantitative estimate of drug-likeness (QED) is 0.780. The van der Waals surface area contributed by atoms with Gasteiger partial charge in [0.15, 0.2) is 5.78 Å². The van der Waals surface area contributed by atoms with Crippen molar-refractivity contribution < 1.29 is 14.3 Å². The second kappa shape index (κ2) is 4.64. The molecule has 0 aliphatic rings. The van der Waals surface area contributed by atoms with Gasteiger partial charge >= 0.3 is 0 Å². The minimum atomic E-state index is -0.0681. The summed E-state index contributed by atoms with van der Waals surface area (Å²) in [7, 11) is 3.12. The molecular formula is C14H15NO3. The summed E-state index contributed by atoms with van der Waals surface area (Å²) in [6, 6.07) is 5.40. The van der Waals surface area contributed by atoms with Crippen LogP contribution in [0.1, 0.15) is 23.0 Å². The van der Waals surface area contributed by atoms with Crippen LogP contribution in [0.2, 0.25) is 0 Å². The van der Waals surface area contributed by atoms with Gasteiger partial charge in [0.2, 0.25) is 0 Å². The number of carbonyl (C=O) groups excluding carboxylic acids is 1. The molecule has 0 N–H and O–H groups in total. The molecule has 0 atom stereocenters. The zero-order valence-corrected chi connectivity index (χ0v) is 10.9. The van der Waals surface area contributed by atoms with Gasteiger partial charge in [-0.1, -0.05) is 0 Å². The third-order valence-corrected chi connectivity index (χ3v) is 2.82. The molecule has 0 bridgehead atoms. The molecule has 1 aromatic heterocycles. The summed E-state index contributed by atoms with van der Waals surface area (Å²) < 4.78 is 10.6. The number of aromatic nitrogens is 1. The van der Waals surface area contributed by atoms with Crippen LogP contribution in [0.15, 0.2) is 18.2 Å². The van der Waals surface area contributed by atoms with Gasteiger partial charge in [-0.3, -0.25) is 9.78 Å². The molecule has 0 aliphatic heterocycles. The molecule has 0 saturated heterocycles. The van der Waals surface area contributed by atoms with Crippen LogP contribution in [0.25, 0.3) is 10.9 Å². The van der Waals surface area contributed by atoms with E-state index >= 15 is 0 Å². The molecule has 94 valence electrons. The number of hydrogen-bond acceptors (Lipinski definition) is 4. The van der Waals surface area contributed by atoms with E-state index in [1.54, 1.807) is 20.3 Å². The Balaban J connectivity index is 2.94. The lowest BCUT2D eigenvalue weighted by atomic mass is 10.0. The van der Waals surface area contributed by atoms with Crippen LogP contribution in [0.3, 0.4) is 0 Å². The lowest BCUT2D eigenvalue weighted by Gasteiger charge is -2.13. The first-order valence-electron chi connectivity index (χ1n) is 5.61. The Hall–Kier alpha value is -2.10. The van der Waals surface area contributed by atoms with E-state index in [-0.39, 0.29) is 5.78 Å². The second-order valence-corrected chi connectivity index (χ2v) is 4.06. The molecule has 1 aromatic carbocycles. The van der Waals surface area contributed by atoms with Crippen LogP contribution >= 0.6 is 0 Å². The number of carbonyl (C=O) groups is 1. The van der Waals surface area contributed by atoms with Crippen molar-refractivity contribution in [2.45, 2.75) is 13.8 Å². The third kappa shape index (κ3) is 1.90. The Morgan fingerprint density at radius 2 is 1.83 bits per heavy atom. The van der Waals surface area contributed by atoms with E-state index in [9.17, 15) is 4.79 Å². The van der Waals surface area contributed by atoms with E-state index in [2.05, 4.69) is 4.98 Å². The molecule has 0 spiro atoms. The van der Waals surface area contributed by atoms with Crippen molar-refractivity contribution in [1.29, 1.82) is 0 Å². The van der Waals surface area contributed by atoms with E-state index in [1.807, 2.05) is 19.1 Å². The van der Waals surface area contributed by atoms with Gasteiger partial charge in [-0.2, -0.15) is 0 Å². The normalized spacial score (nSPS) is 10.4. The monoisotopic (exact) mass is 245 g/mol. The smallest absolute Gasteiger partial charge is 0.164 e. The summed E-state index contributed by atoms with van der Waals surface area (Å²) in [6.45, 7) is 3.40. The highest BCUT2D eigenvalue weighted by atomic mass is 16.5. The maximum Gasteiger partial charge on any atom is 0.164 e. The molecule has 0 saturated carbocycles. The molecule has 1 heterocycles. The van der Waals surface area contributed by atoms with Gasteiger partial charge in [-0.15, -0.1) is 0 Å². The molecule has 0 radical (unpaired) electrons. The Morgan fingerprint density at radius 3 is 2.39 bits per heavy atom. The predicted molar refractivity (Wildman–Crippen MR) is 69.6 cm³/mol. The van der Waals surface area contributed by atoms with Crippen LogP contribution in [-0.4, -0.2) is 25.0 Å². The fourth-order valence-corrected chi connectivity index (χ4v) is 2.08. The SMILES string of the molecule is COc1ccc2nc(C)cc(OC)c2c1C(C)=O. The largest absolute Gasteiger partial charge is 0.496 e. The lowest BCUT2D eigenvalue weighted by Crippen LogP contribution is -2.02. The van der Waals surface area contributed by atoms with Gasteiger partial charge in [0.25, 0.3) is 0 Å². The van der Waals surface area contributed by atoms with Crippen molar-refractivity contribution in [3.63, 3.8) is 0 Å². The third-order valence-electron chi connectivity index (χ3n) is 2.82. The Kier molecular flexibility index (Phi) is 3.19. The molecule has 0 amide bonds. The minimum absolute atomic E-state index is 0.0681. The highest BCUT2D eigenvalue weighted by Gasteiger charge is 2.17. The number of fused-ring (bicyclic) bond motifs is 1. The number of ether oxygens (including phenoxy) is 2. The van der Waals surface area contributed by atoms with Crippen LogP contribution < -0.4 is 9.47 Å². The topological polar surface area (TPSA) is 48.4 Å². The zero-order chi connectivity index (χ0) is 13.3. The zero-order valence-electron chi connectivity index (χ0n) is 10.9. The number of ketones is 1. The molecule has 4 heteroatoms. The number of aryl methyl sites for hydroxylation is 1. The highest BCUT2D eigenvalue weighted by molar-refractivity contribution is 6.10. The van der Waals surface area contributed by atoms with Gasteiger partial charge in [0, 0.05) is 11.8 Å². The number of Topliss-reactive ketones (excluding diaryl/α,β-unsaturated/α-hetero) is 1. The molecule has 0 unspecified atom stereocenters. The van der Waals surface area contributed by atoms with Gasteiger partial charge in [0.05, 0.1) is 30.7 Å². The minimum Gasteiger partial charge on any atom is -0.496 e. The summed E-state index contributed by atoms with van der Waals surface area (Å²) in [4.78, 5) is 16.2. The second-order valence-electron chi connectivity index (χ2n) is 4.06. The summed E-state index contributed by atoms with van der Waals surface area (Å²) >= 11 is 0. The Morgan fingerprint density at radius 1 is 1.17 bits per heavy atom. The van der Waals surface area contributed by atoms with Crippen LogP contribution in [0.5, 0.6) is 11.5 Å². The summed E-state index contributed by atoms with van der Waals surface area (Å²) in [5.74, 6) is 1.11.